The second-order valence-electron chi connectivity index (χ2n) is 3.61. The van der Waals surface area contributed by atoms with Crippen molar-refractivity contribution in [2.45, 2.75) is 25.5 Å². The first-order chi connectivity index (χ1) is 6.09. The van der Waals surface area contributed by atoms with Crippen LogP contribution in [0.4, 0.5) is 0 Å². The van der Waals surface area contributed by atoms with Crippen LogP contribution in [-0.4, -0.2) is 10.8 Å². The third-order valence-electron chi connectivity index (χ3n) is 2.02. The average molecular weight is 196 g/mol. The maximum Gasteiger partial charge on any atom is 0.130 e. The molecule has 1 rings (SSSR count). The van der Waals surface area contributed by atoms with Gasteiger partial charge < -0.3 is 4.55 Å². The molecule has 1 unspecified atom stereocenters. The first-order valence-corrected chi connectivity index (χ1v) is 6.21. The molecule has 1 nitrogen and oxygen atoms in total. The van der Waals surface area contributed by atoms with E-state index in [2.05, 4.69) is 38.1 Å². The van der Waals surface area contributed by atoms with Gasteiger partial charge in [0.2, 0.25) is 0 Å². The van der Waals surface area contributed by atoms with Gasteiger partial charge in [0, 0.05) is 5.56 Å². The van der Waals surface area contributed by atoms with Gasteiger partial charge in [0.1, 0.15) is 5.75 Å². The lowest BCUT2D eigenvalue weighted by Crippen LogP contribution is -2.00. The van der Waals surface area contributed by atoms with Crippen LogP contribution in [0.25, 0.3) is 0 Å². The second-order valence-corrected chi connectivity index (χ2v) is 5.05. The first kappa shape index (κ1) is 10.6. The Bertz CT molecular complexity index is 251. The van der Waals surface area contributed by atoms with Crippen molar-refractivity contribution in [1.29, 1.82) is 0 Å². The minimum absolute atomic E-state index is 0.571. The number of rotatable bonds is 3. The molecule has 0 fully saturated rings. The number of hydrogen-bond acceptors (Lipinski definition) is 1. The summed E-state index contributed by atoms with van der Waals surface area (Å²) in [6.07, 6.45) is 1.73. The fourth-order valence-corrected chi connectivity index (χ4v) is 1.90. The van der Waals surface area contributed by atoms with Gasteiger partial charge in [-0.3, -0.25) is 0 Å². The largest absolute Gasteiger partial charge is 0.616 e. The van der Waals surface area contributed by atoms with Gasteiger partial charge in [-0.05, 0) is 11.5 Å². The molecule has 0 bridgehead atoms. The van der Waals surface area contributed by atoms with E-state index in [1.165, 1.54) is 5.56 Å². The van der Waals surface area contributed by atoms with Crippen LogP contribution >= 0.6 is 0 Å². The molecule has 1 aromatic rings. The Kier molecular flexibility index (Phi) is 3.82. The molecule has 13 heavy (non-hydrogen) atoms. The summed E-state index contributed by atoms with van der Waals surface area (Å²) in [4.78, 5) is 0. The van der Waals surface area contributed by atoms with E-state index in [1.807, 2.05) is 0 Å². The molecule has 0 aliphatic carbocycles. The van der Waals surface area contributed by atoms with E-state index in [0.717, 1.165) is 5.56 Å². The molecule has 1 atom stereocenters. The van der Waals surface area contributed by atoms with Gasteiger partial charge in [-0.25, -0.2) is 0 Å². The van der Waals surface area contributed by atoms with Gasteiger partial charge in [0.05, 0.1) is 6.26 Å². The quantitative estimate of drug-likeness (QED) is 0.682. The van der Waals surface area contributed by atoms with Crippen LogP contribution in [0.1, 0.15) is 30.9 Å². The number of hydrogen-bond donors (Lipinski definition) is 0. The molecule has 0 radical (unpaired) electrons. The monoisotopic (exact) mass is 196 g/mol. The van der Waals surface area contributed by atoms with E-state index in [1.54, 1.807) is 6.26 Å². The van der Waals surface area contributed by atoms with Crippen molar-refractivity contribution in [2.24, 2.45) is 0 Å². The third kappa shape index (κ3) is 3.41. The Balaban J connectivity index is 2.70. The molecule has 72 valence electrons. The van der Waals surface area contributed by atoms with E-state index in [4.69, 9.17) is 0 Å². The SMILES string of the molecule is CC(C)c1ccc(C[S+](C)[O-])cc1. The van der Waals surface area contributed by atoms with Crippen molar-refractivity contribution < 1.29 is 4.55 Å². The van der Waals surface area contributed by atoms with Crippen LogP contribution in [0.15, 0.2) is 24.3 Å². The first-order valence-electron chi connectivity index (χ1n) is 4.48. The average Bonchev–Trinajstić information content (AvgIpc) is 2.04. The highest BCUT2D eigenvalue weighted by molar-refractivity contribution is 7.89. The van der Waals surface area contributed by atoms with E-state index >= 15 is 0 Å². The van der Waals surface area contributed by atoms with Crippen molar-refractivity contribution >= 4 is 11.2 Å². The molecule has 0 aromatic heterocycles. The Morgan fingerprint density at radius 3 is 2.15 bits per heavy atom. The van der Waals surface area contributed by atoms with Gasteiger partial charge in [0.15, 0.2) is 0 Å². The van der Waals surface area contributed by atoms with Crippen molar-refractivity contribution in [1.82, 2.24) is 0 Å². The summed E-state index contributed by atoms with van der Waals surface area (Å²) in [6.45, 7) is 4.35. The second kappa shape index (κ2) is 4.68. The molecule has 0 saturated heterocycles. The molecule has 0 heterocycles. The smallest absolute Gasteiger partial charge is 0.130 e. The van der Waals surface area contributed by atoms with Crippen LogP contribution < -0.4 is 0 Å². The van der Waals surface area contributed by atoms with E-state index in [-0.39, 0.29) is 0 Å². The Morgan fingerprint density at radius 2 is 1.77 bits per heavy atom. The highest BCUT2D eigenvalue weighted by Crippen LogP contribution is 2.15. The van der Waals surface area contributed by atoms with Gasteiger partial charge in [0.25, 0.3) is 0 Å². The predicted octanol–water partition coefficient (Wildman–Crippen LogP) is 2.69. The molecule has 0 N–H and O–H groups in total. The van der Waals surface area contributed by atoms with Crippen molar-refractivity contribution in [3.05, 3.63) is 35.4 Å². The van der Waals surface area contributed by atoms with Gasteiger partial charge >= 0.3 is 0 Å². The fraction of sp³-hybridized carbons (Fsp3) is 0.455. The van der Waals surface area contributed by atoms with E-state index in [9.17, 15) is 4.55 Å². The van der Waals surface area contributed by atoms with E-state index < -0.39 is 11.2 Å². The summed E-state index contributed by atoms with van der Waals surface area (Å²) < 4.78 is 10.9. The zero-order chi connectivity index (χ0) is 9.84. The molecule has 0 aliphatic heterocycles. The zero-order valence-electron chi connectivity index (χ0n) is 8.41. The lowest BCUT2D eigenvalue weighted by Gasteiger charge is -2.07. The summed E-state index contributed by atoms with van der Waals surface area (Å²) >= 11 is -0.734. The molecule has 0 amide bonds. The molecular formula is C11H16OS. The van der Waals surface area contributed by atoms with Crippen LogP contribution in [-0.2, 0) is 16.9 Å². The lowest BCUT2D eigenvalue weighted by atomic mass is 10.0. The van der Waals surface area contributed by atoms with Gasteiger partial charge in [-0.15, -0.1) is 0 Å². The fourth-order valence-electron chi connectivity index (χ4n) is 1.23. The van der Waals surface area contributed by atoms with Gasteiger partial charge in [-0.1, -0.05) is 49.3 Å². The minimum Gasteiger partial charge on any atom is -0.616 e. The zero-order valence-corrected chi connectivity index (χ0v) is 9.23. The van der Waals surface area contributed by atoms with Crippen LogP contribution in [0, 0.1) is 0 Å². The highest BCUT2D eigenvalue weighted by atomic mass is 32.2. The summed E-state index contributed by atoms with van der Waals surface area (Å²) in [5.41, 5.74) is 2.50. The maximum absolute atomic E-state index is 10.9. The summed E-state index contributed by atoms with van der Waals surface area (Å²) in [6, 6.07) is 8.37. The van der Waals surface area contributed by atoms with Crippen LogP contribution in [0.3, 0.4) is 0 Å². The topological polar surface area (TPSA) is 23.1 Å². The standard InChI is InChI=1S/C11H16OS/c1-9(2)11-6-4-10(5-7-11)8-13(3)12/h4-7,9H,8H2,1-3H3. The maximum atomic E-state index is 10.9. The summed E-state index contributed by atoms with van der Waals surface area (Å²) in [7, 11) is 0. The number of benzene rings is 1. The predicted molar refractivity (Wildman–Crippen MR) is 58.3 cm³/mol. The van der Waals surface area contributed by atoms with E-state index in [0.29, 0.717) is 11.7 Å². The normalized spacial score (nSPS) is 13.3. The van der Waals surface area contributed by atoms with Crippen LogP contribution in [0.2, 0.25) is 0 Å². The van der Waals surface area contributed by atoms with Crippen molar-refractivity contribution in [3.8, 4) is 0 Å². The van der Waals surface area contributed by atoms with Gasteiger partial charge in [-0.2, -0.15) is 0 Å². The molecule has 2 heteroatoms. The Labute approximate surface area is 83.4 Å². The Hall–Kier alpha value is -0.470. The van der Waals surface area contributed by atoms with Crippen molar-refractivity contribution in [3.63, 3.8) is 0 Å². The van der Waals surface area contributed by atoms with Crippen molar-refractivity contribution in [2.75, 3.05) is 6.26 Å². The molecule has 0 saturated carbocycles. The summed E-state index contributed by atoms with van der Waals surface area (Å²) in [5, 5.41) is 0. The third-order valence-corrected chi connectivity index (χ3v) is 2.76. The molecule has 0 spiro atoms. The lowest BCUT2D eigenvalue weighted by molar-refractivity contribution is 0.600. The minimum atomic E-state index is -0.734. The molecule has 0 aliphatic rings. The molecule has 1 aromatic carbocycles. The highest BCUT2D eigenvalue weighted by Gasteiger charge is 2.02. The summed E-state index contributed by atoms with van der Waals surface area (Å²) in [5.74, 6) is 1.24. The van der Waals surface area contributed by atoms with Crippen LogP contribution in [0.5, 0.6) is 0 Å². The Morgan fingerprint density at radius 1 is 1.23 bits per heavy atom. The molecular weight excluding hydrogens is 180 g/mol.